The van der Waals surface area contributed by atoms with Crippen LogP contribution in [0, 0.1) is 5.92 Å². The topological polar surface area (TPSA) is 9.23 Å². The van der Waals surface area contributed by atoms with Crippen molar-refractivity contribution < 1.29 is 4.74 Å². The van der Waals surface area contributed by atoms with Gasteiger partial charge in [-0.25, -0.2) is 0 Å². The Hall–Kier alpha value is -0.560. The van der Waals surface area contributed by atoms with E-state index >= 15 is 0 Å². The number of hydrogen-bond acceptors (Lipinski definition) is 1. The highest BCUT2D eigenvalue weighted by atomic mass is 16.5. The Labute approximate surface area is 55.0 Å². The summed E-state index contributed by atoms with van der Waals surface area (Å²) in [7, 11) is 1.78. The predicted molar refractivity (Wildman–Crippen MR) is 36.1 cm³/mol. The van der Waals surface area contributed by atoms with Crippen LogP contribution >= 0.6 is 0 Å². The molecule has 0 heterocycles. The van der Waals surface area contributed by atoms with Crippen LogP contribution in [0.25, 0.3) is 0 Å². The fourth-order valence-electron chi connectivity index (χ4n) is 1.54. The molecule has 0 radical (unpaired) electrons. The van der Waals surface area contributed by atoms with E-state index in [2.05, 4.69) is 24.3 Å². The molecule has 0 unspecified atom stereocenters. The molecule has 2 aliphatic rings. The maximum atomic E-state index is 5.35. The Balaban J connectivity index is 2.26. The average molecular weight is 122 g/mol. The first-order valence-corrected chi connectivity index (χ1v) is 3.28. The predicted octanol–water partition coefficient (Wildman–Crippen LogP) is 1.52. The van der Waals surface area contributed by atoms with Crippen molar-refractivity contribution in [1.29, 1.82) is 0 Å². The molecular weight excluding hydrogens is 112 g/mol. The Kier molecular flexibility index (Phi) is 0.862. The maximum Gasteiger partial charge on any atom is 0.0989 e. The van der Waals surface area contributed by atoms with E-state index in [0.29, 0.717) is 5.92 Å². The van der Waals surface area contributed by atoms with Gasteiger partial charge < -0.3 is 4.74 Å². The summed E-state index contributed by atoms with van der Waals surface area (Å²) in [5, 5.41) is 0. The van der Waals surface area contributed by atoms with Gasteiger partial charge in [-0.05, 0) is 6.42 Å². The van der Waals surface area contributed by atoms with Gasteiger partial charge in [0.05, 0.1) is 5.60 Å². The van der Waals surface area contributed by atoms with E-state index in [9.17, 15) is 0 Å². The highest BCUT2D eigenvalue weighted by Gasteiger charge is 2.41. The minimum Gasteiger partial charge on any atom is -0.373 e. The van der Waals surface area contributed by atoms with E-state index in [-0.39, 0.29) is 5.60 Å². The molecule has 1 nitrogen and oxygen atoms in total. The lowest BCUT2D eigenvalue weighted by atomic mass is 9.80. The summed E-state index contributed by atoms with van der Waals surface area (Å²) in [5.74, 6) is 0.572. The zero-order valence-electron chi connectivity index (χ0n) is 5.50. The SMILES string of the molecule is CO[C@@]12C=C[C@H]1C=CC2. The van der Waals surface area contributed by atoms with E-state index in [4.69, 9.17) is 4.74 Å². The van der Waals surface area contributed by atoms with Gasteiger partial charge >= 0.3 is 0 Å². The van der Waals surface area contributed by atoms with Crippen molar-refractivity contribution >= 4 is 0 Å². The minimum absolute atomic E-state index is 0.0833. The molecule has 2 rings (SSSR count). The van der Waals surface area contributed by atoms with Crippen molar-refractivity contribution in [3.8, 4) is 0 Å². The largest absolute Gasteiger partial charge is 0.373 e. The van der Waals surface area contributed by atoms with Gasteiger partial charge in [0.15, 0.2) is 0 Å². The van der Waals surface area contributed by atoms with Crippen LogP contribution in [0.5, 0.6) is 0 Å². The Morgan fingerprint density at radius 3 is 2.78 bits per heavy atom. The first-order chi connectivity index (χ1) is 4.37. The summed E-state index contributed by atoms with van der Waals surface area (Å²) in [5.41, 5.74) is 0.0833. The summed E-state index contributed by atoms with van der Waals surface area (Å²) in [6.45, 7) is 0. The smallest absolute Gasteiger partial charge is 0.0989 e. The van der Waals surface area contributed by atoms with Gasteiger partial charge in [-0.3, -0.25) is 0 Å². The molecule has 0 aromatic rings. The molecule has 48 valence electrons. The Morgan fingerprint density at radius 2 is 2.44 bits per heavy atom. The summed E-state index contributed by atoms with van der Waals surface area (Å²) in [4.78, 5) is 0. The summed E-state index contributed by atoms with van der Waals surface area (Å²) in [6, 6.07) is 0. The van der Waals surface area contributed by atoms with Gasteiger partial charge in [0.1, 0.15) is 0 Å². The standard InChI is InChI=1S/C8H10O/c1-9-8-5-2-3-7(8)4-6-8/h2-4,6-7H,5H2,1H3/t7-,8+/m1/s1. The van der Waals surface area contributed by atoms with Crippen molar-refractivity contribution in [2.75, 3.05) is 7.11 Å². The molecule has 0 aromatic carbocycles. The Bertz CT molecular complexity index is 181. The quantitative estimate of drug-likeness (QED) is 0.479. The molecule has 0 aromatic heterocycles. The van der Waals surface area contributed by atoms with Crippen molar-refractivity contribution in [3.05, 3.63) is 24.3 Å². The molecule has 2 aliphatic carbocycles. The third-order valence-corrected chi connectivity index (χ3v) is 2.31. The average Bonchev–Trinajstić information content (AvgIpc) is 2.10. The first-order valence-electron chi connectivity index (χ1n) is 3.28. The first kappa shape index (κ1) is 5.24. The zero-order valence-corrected chi connectivity index (χ0v) is 5.50. The summed E-state index contributed by atoms with van der Waals surface area (Å²) < 4.78 is 5.35. The molecule has 0 fully saturated rings. The van der Waals surface area contributed by atoms with Gasteiger partial charge in [-0.2, -0.15) is 0 Å². The highest BCUT2D eigenvalue weighted by Crippen LogP contribution is 2.42. The molecular formula is C8H10O. The summed E-state index contributed by atoms with van der Waals surface area (Å²) >= 11 is 0. The molecule has 2 atom stereocenters. The van der Waals surface area contributed by atoms with Crippen molar-refractivity contribution in [2.45, 2.75) is 12.0 Å². The van der Waals surface area contributed by atoms with Crippen molar-refractivity contribution in [2.24, 2.45) is 5.92 Å². The van der Waals surface area contributed by atoms with E-state index in [0.717, 1.165) is 6.42 Å². The maximum absolute atomic E-state index is 5.35. The lowest BCUT2D eigenvalue weighted by Crippen LogP contribution is -2.38. The van der Waals surface area contributed by atoms with Gasteiger partial charge in [0.2, 0.25) is 0 Å². The van der Waals surface area contributed by atoms with E-state index in [1.165, 1.54) is 0 Å². The number of rotatable bonds is 1. The van der Waals surface area contributed by atoms with E-state index in [1.54, 1.807) is 7.11 Å². The molecule has 0 spiro atoms. The third-order valence-electron chi connectivity index (χ3n) is 2.31. The molecule has 0 bridgehead atoms. The molecule has 0 aliphatic heterocycles. The van der Waals surface area contributed by atoms with Gasteiger partial charge in [0, 0.05) is 13.0 Å². The molecule has 0 saturated heterocycles. The number of methoxy groups -OCH3 is 1. The van der Waals surface area contributed by atoms with E-state index in [1.807, 2.05) is 0 Å². The van der Waals surface area contributed by atoms with Gasteiger partial charge in [-0.1, -0.05) is 24.3 Å². The van der Waals surface area contributed by atoms with Crippen LogP contribution in [0.1, 0.15) is 6.42 Å². The Morgan fingerprint density at radius 1 is 1.56 bits per heavy atom. The zero-order chi connectivity index (χ0) is 6.32. The number of hydrogen-bond donors (Lipinski definition) is 0. The van der Waals surface area contributed by atoms with Crippen LogP contribution < -0.4 is 0 Å². The molecule has 0 N–H and O–H groups in total. The fraction of sp³-hybridized carbons (Fsp3) is 0.500. The van der Waals surface area contributed by atoms with Crippen molar-refractivity contribution in [3.63, 3.8) is 0 Å². The van der Waals surface area contributed by atoms with Crippen LogP contribution in [-0.2, 0) is 4.74 Å². The number of ether oxygens (including phenoxy) is 1. The monoisotopic (exact) mass is 122 g/mol. The highest BCUT2D eigenvalue weighted by molar-refractivity contribution is 5.33. The summed E-state index contributed by atoms with van der Waals surface area (Å²) in [6.07, 6.45) is 9.80. The van der Waals surface area contributed by atoms with Crippen LogP contribution in [0.3, 0.4) is 0 Å². The van der Waals surface area contributed by atoms with Crippen LogP contribution in [0.15, 0.2) is 24.3 Å². The molecule has 0 amide bonds. The van der Waals surface area contributed by atoms with Gasteiger partial charge in [0.25, 0.3) is 0 Å². The van der Waals surface area contributed by atoms with Gasteiger partial charge in [-0.15, -0.1) is 0 Å². The number of fused-ring (bicyclic) bond motifs is 1. The molecule has 0 saturated carbocycles. The van der Waals surface area contributed by atoms with Crippen LogP contribution in [-0.4, -0.2) is 12.7 Å². The normalized spacial score (nSPS) is 44.8. The van der Waals surface area contributed by atoms with E-state index < -0.39 is 0 Å². The van der Waals surface area contributed by atoms with Crippen LogP contribution in [0.4, 0.5) is 0 Å². The second-order valence-electron chi connectivity index (χ2n) is 2.68. The minimum atomic E-state index is 0.0833. The molecule has 1 heteroatoms. The second kappa shape index (κ2) is 1.48. The lowest BCUT2D eigenvalue weighted by Gasteiger charge is -2.36. The lowest BCUT2D eigenvalue weighted by molar-refractivity contribution is 0.00503. The van der Waals surface area contributed by atoms with Crippen molar-refractivity contribution in [1.82, 2.24) is 0 Å². The fourth-order valence-corrected chi connectivity index (χ4v) is 1.54. The third kappa shape index (κ3) is 0.479. The van der Waals surface area contributed by atoms with Crippen LogP contribution in [0.2, 0.25) is 0 Å². The molecule has 9 heavy (non-hydrogen) atoms. The second-order valence-corrected chi connectivity index (χ2v) is 2.68.